The summed E-state index contributed by atoms with van der Waals surface area (Å²) >= 11 is 0.595. The molecule has 0 fully saturated rings. The summed E-state index contributed by atoms with van der Waals surface area (Å²) in [7, 11) is 2.77. The minimum atomic E-state index is -1.57. The SMILES string of the molecule is CCOc1ccc(F)c(F)c1CN(C)c1cc(NC(=O)Nc2csc(C(=O)O)c2C(=O)O)c(F)cc1OC. The van der Waals surface area contributed by atoms with Crippen LogP contribution in [0.3, 0.4) is 0 Å². The van der Waals surface area contributed by atoms with Crippen LogP contribution in [0.4, 0.5) is 35.0 Å². The second kappa shape index (κ2) is 11.7. The summed E-state index contributed by atoms with van der Waals surface area (Å²) in [4.78, 5) is 36.2. The topological polar surface area (TPSA) is 137 Å². The molecule has 3 aromatic rings. The first-order chi connectivity index (χ1) is 18.0. The number of urea groups is 1. The van der Waals surface area contributed by atoms with Gasteiger partial charge in [0, 0.05) is 25.0 Å². The third kappa shape index (κ3) is 5.91. The highest BCUT2D eigenvalue weighted by Gasteiger charge is 2.25. The van der Waals surface area contributed by atoms with Gasteiger partial charge in [-0.1, -0.05) is 0 Å². The lowest BCUT2D eigenvalue weighted by molar-refractivity contribution is 0.0657. The van der Waals surface area contributed by atoms with Crippen molar-refractivity contribution in [1.82, 2.24) is 0 Å². The number of ether oxygens (including phenoxy) is 2. The summed E-state index contributed by atoms with van der Waals surface area (Å²) in [5.74, 6) is -6.05. The largest absolute Gasteiger partial charge is 0.494 e. The minimum Gasteiger partial charge on any atom is -0.494 e. The summed E-state index contributed by atoms with van der Waals surface area (Å²) in [6.45, 7) is 1.66. The van der Waals surface area contributed by atoms with Gasteiger partial charge in [0.1, 0.15) is 21.9 Å². The number of anilines is 3. The minimum absolute atomic E-state index is 0.0165. The van der Waals surface area contributed by atoms with Crippen molar-refractivity contribution < 1.29 is 47.2 Å². The van der Waals surface area contributed by atoms with Crippen LogP contribution in [0, 0.1) is 17.5 Å². The van der Waals surface area contributed by atoms with Gasteiger partial charge in [0.25, 0.3) is 0 Å². The number of nitrogens with one attached hydrogen (secondary N) is 2. The van der Waals surface area contributed by atoms with Crippen molar-refractivity contribution in [2.75, 3.05) is 36.3 Å². The Bertz CT molecular complexity index is 1400. The maximum absolute atomic E-state index is 14.8. The van der Waals surface area contributed by atoms with Gasteiger partial charge in [0.2, 0.25) is 0 Å². The Morgan fingerprint density at radius 3 is 2.29 bits per heavy atom. The summed E-state index contributed by atoms with van der Waals surface area (Å²) in [5, 5.41) is 24.0. The summed E-state index contributed by atoms with van der Waals surface area (Å²) in [6.07, 6.45) is 0. The number of hydrogen-bond donors (Lipinski definition) is 4. The Kier molecular flexibility index (Phi) is 8.68. The number of amides is 2. The average Bonchev–Trinajstić information content (AvgIpc) is 3.28. The zero-order valence-electron chi connectivity index (χ0n) is 20.2. The molecule has 0 aliphatic heterocycles. The van der Waals surface area contributed by atoms with Gasteiger partial charge in [0.15, 0.2) is 17.5 Å². The fourth-order valence-corrected chi connectivity index (χ4v) is 4.36. The average molecular weight is 554 g/mol. The molecule has 10 nitrogen and oxygen atoms in total. The lowest BCUT2D eigenvalue weighted by Crippen LogP contribution is -2.23. The highest BCUT2D eigenvalue weighted by atomic mass is 32.1. The van der Waals surface area contributed by atoms with E-state index in [4.69, 9.17) is 14.6 Å². The van der Waals surface area contributed by atoms with Crippen LogP contribution < -0.4 is 25.0 Å². The van der Waals surface area contributed by atoms with Crippen molar-refractivity contribution in [3.63, 3.8) is 0 Å². The molecule has 0 aliphatic rings. The number of nitrogens with zero attached hydrogens (tertiary/aromatic N) is 1. The Morgan fingerprint density at radius 1 is 1.00 bits per heavy atom. The Labute approximate surface area is 218 Å². The monoisotopic (exact) mass is 553 g/mol. The van der Waals surface area contributed by atoms with Gasteiger partial charge in [-0.3, -0.25) is 0 Å². The first-order valence-electron chi connectivity index (χ1n) is 10.8. The molecular weight excluding hydrogens is 531 g/mol. The Hall–Kier alpha value is -4.46. The van der Waals surface area contributed by atoms with Gasteiger partial charge >= 0.3 is 18.0 Å². The molecule has 0 saturated heterocycles. The van der Waals surface area contributed by atoms with Crippen LogP contribution >= 0.6 is 11.3 Å². The molecule has 2 aromatic carbocycles. The Morgan fingerprint density at radius 2 is 1.68 bits per heavy atom. The number of benzene rings is 2. The molecule has 14 heteroatoms. The van der Waals surface area contributed by atoms with Gasteiger partial charge in [-0.25, -0.2) is 27.6 Å². The van der Waals surface area contributed by atoms with E-state index in [0.29, 0.717) is 11.3 Å². The van der Waals surface area contributed by atoms with Crippen LogP contribution in [0.5, 0.6) is 11.5 Å². The highest BCUT2D eigenvalue weighted by Crippen LogP contribution is 2.36. The first-order valence-corrected chi connectivity index (χ1v) is 11.7. The third-order valence-corrected chi connectivity index (χ3v) is 6.19. The summed E-state index contributed by atoms with van der Waals surface area (Å²) < 4.78 is 53.9. The Balaban J connectivity index is 1.90. The van der Waals surface area contributed by atoms with Crippen LogP contribution in [0.2, 0.25) is 0 Å². The number of carbonyl (C=O) groups is 3. The summed E-state index contributed by atoms with van der Waals surface area (Å²) in [6, 6.07) is 3.30. The molecule has 0 radical (unpaired) electrons. The van der Waals surface area contributed by atoms with Crippen LogP contribution in [-0.4, -0.2) is 48.9 Å². The van der Waals surface area contributed by atoms with E-state index in [-0.39, 0.29) is 47.3 Å². The number of rotatable bonds is 10. The van der Waals surface area contributed by atoms with Crippen LogP contribution in [0.15, 0.2) is 29.6 Å². The molecule has 0 bridgehead atoms. The van der Waals surface area contributed by atoms with E-state index in [1.807, 2.05) is 0 Å². The van der Waals surface area contributed by atoms with E-state index >= 15 is 0 Å². The first kappa shape index (κ1) is 28.1. The number of methoxy groups -OCH3 is 1. The lowest BCUT2D eigenvalue weighted by atomic mass is 10.1. The van der Waals surface area contributed by atoms with Crippen LogP contribution in [0.1, 0.15) is 32.5 Å². The number of carbonyl (C=O) groups excluding carboxylic acids is 1. The number of halogens is 3. The van der Waals surface area contributed by atoms with Crippen molar-refractivity contribution in [3.8, 4) is 11.5 Å². The number of hydrogen-bond acceptors (Lipinski definition) is 7. The van der Waals surface area contributed by atoms with E-state index in [2.05, 4.69) is 10.6 Å². The standard InChI is InChI=1S/C24H22F3N3O7S/c1-4-37-17-6-5-12(25)20(27)11(17)9-30(2)16-8-14(13(26)7-18(16)36-3)28-24(35)29-15-10-38-21(23(33)34)19(15)22(31)32/h5-8,10H,4,9H2,1-3H3,(H,31,32)(H,33,34)(H2,28,29,35). The fourth-order valence-electron chi connectivity index (χ4n) is 3.53. The molecule has 3 rings (SSSR count). The highest BCUT2D eigenvalue weighted by molar-refractivity contribution is 7.13. The molecule has 38 heavy (non-hydrogen) atoms. The van der Waals surface area contributed by atoms with E-state index in [1.54, 1.807) is 6.92 Å². The number of aromatic carboxylic acids is 2. The zero-order chi connectivity index (χ0) is 28.1. The molecule has 2 amide bonds. The number of thiophene rings is 1. The van der Waals surface area contributed by atoms with Crippen LogP contribution in [0.25, 0.3) is 0 Å². The summed E-state index contributed by atoms with van der Waals surface area (Å²) in [5.41, 5.74) is -1.20. The predicted octanol–water partition coefficient (Wildman–Crippen LogP) is 5.25. The quantitative estimate of drug-likeness (QED) is 0.267. The maximum atomic E-state index is 14.8. The van der Waals surface area contributed by atoms with Crippen molar-refractivity contribution in [2.24, 2.45) is 0 Å². The fraction of sp³-hybridized carbons (Fsp3) is 0.208. The molecule has 1 heterocycles. The second-order valence-corrected chi connectivity index (χ2v) is 8.55. The third-order valence-electron chi connectivity index (χ3n) is 5.22. The molecule has 4 N–H and O–H groups in total. The van der Waals surface area contributed by atoms with Crippen molar-refractivity contribution in [2.45, 2.75) is 13.5 Å². The van der Waals surface area contributed by atoms with Gasteiger partial charge in [-0.15, -0.1) is 11.3 Å². The van der Waals surface area contributed by atoms with Crippen LogP contribution in [-0.2, 0) is 6.54 Å². The van der Waals surface area contributed by atoms with Gasteiger partial charge in [0.05, 0.1) is 36.3 Å². The molecule has 0 saturated carbocycles. The van der Waals surface area contributed by atoms with Crippen molar-refractivity contribution in [3.05, 3.63) is 63.1 Å². The van der Waals surface area contributed by atoms with Gasteiger partial charge in [-0.05, 0) is 25.1 Å². The normalized spacial score (nSPS) is 10.6. The van der Waals surface area contributed by atoms with Gasteiger partial charge < -0.3 is 35.2 Å². The van der Waals surface area contributed by atoms with Gasteiger partial charge in [-0.2, -0.15) is 0 Å². The molecule has 0 aliphatic carbocycles. The van der Waals surface area contributed by atoms with E-state index < -0.39 is 45.9 Å². The number of carboxylic acid groups (broad SMARTS) is 2. The molecule has 1 aromatic heterocycles. The second-order valence-electron chi connectivity index (χ2n) is 7.67. The molecular formula is C24H22F3N3O7S. The van der Waals surface area contributed by atoms with E-state index in [9.17, 15) is 32.7 Å². The van der Waals surface area contributed by atoms with Crippen molar-refractivity contribution in [1.29, 1.82) is 0 Å². The molecule has 0 spiro atoms. The zero-order valence-corrected chi connectivity index (χ0v) is 21.0. The molecule has 202 valence electrons. The predicted molar refractivity (Wildman–Crippen MR) is 133 cm³/mol. The maximum Gasteiger partial charge on any atom is 0.346 e. The van der Waals surface area contributed by atoms with Crippen molar-refractivity contribution >= 4 is 46.4 Å². The lowest BCUT2D eigenvalue weighted by Gasteiger charge is -2.24. The number of carboxylic acids is 2. The molecule has 0 unspecified atom stereocenters. The smallest absolute Gasteiger partial charge is 0.346 e. The van der Waals surface area contributed by atoms with E-state index in [1.165, 1.54) is 31.2 Å². The van der Waals surface area contributed by atoms with E-state index in [0.717, 1.165) is 17.5 Å². The molecule has 0 atom stereocenters.